The first kappa shape index (κ1) is 24.3. The van der Waals surface area contributed by atoms with Crippen LogP contribution in [0.5, 0.6) is 11.5 Å². The molecule has 1 atom stereocenters. The summed E-state index contributed by atoms with van der Waals surface area (Å²) in [5.74, 6) is 1.75. The molecule has 0 aliphatic rings. The molecule has 0 bridgehead atoms. The second kappa shape index (κ2) is 11.1. The Hall–Kier alpha value is -4.45. The molecule has 5 rings (SSSR count). The van der Waals surface area contributed by atoms with E-state index in [0.717, 1.165) is 34.3 Å². The van der Waals surface area contributed by atoms with E-state index in [4.69, 9.17) is 13.9 Å². The molecule has 0 aliphatic heterocycles. The van der Waals surface area contributed by atoms with Crippen LogP contribution in [-0.2, 0) is 17.9 Å². The molecule has 6 nitrogen and oxygen atoms in total. The topological polar surface area (TPSA) is 65.6 Å². The standard InChI is InChI=1S/C31H30N2O4/c1-35-29-15-14-23(17-30(29)36-2)26(18-31(34)32-19-24-11-8-16-37-24)27-21-33(20-22-9-4-3-5-10-22)28-13-7-6-12-25(27)28/h3-17,21,26H,18-20H2,1-2H3,(H,32,34). The predicted molar refractivity (Wildman–Crippen MR) is 144 cm³/mol. The Morgan fingerprint density at radius 2 is 1.70 bits per heavy atom. The van der Waals surface area contributed by atoms with Gasteiger partial charge < -0.3 is 23.8 Å². The summed E-state index contributed by atoms with van der Waals surface area (Å²) in [6, 6.07) is 28.3. The monoisotopic (exact) mass is 494 g/mol. The predicted octanol–water partition coefficient (Wildman–Crippen LogP) is 6.14. The smallest absolute Gasteiger partial charge is 0.221 e. The maximum atomic E-state index is 13.2. The largest absolute Gasteiger partial charge is 0.493 e. The molecule has 0 aliphatic carbocycles. The van der Waals surface area contributed by atoms with Crippen molar-refractivity contribution in [2.75, 3.05) is 14.2 Å². The van der Waals surface area contributed by atoms with Crippen molar-refractivity contribution in [2.45, 2.75) is 25.4 Å². The van der Waals surface area contributed by atoms with E-state index in [9.17, 15) is 4.79 Å². The van der Waals surface area contributed by atoms with Crippen LogP contribution in [0, 0.1) is 0 Å². The number of amides is 1. The third-order valence-corrected chi connectivity index (χ3v) is 6.63. The van der Waals surface area contributed by atoms with Crippen molar-refractivity contribution < 1.29 is 18.7 Å². The lowest BCUT2D eigenvalue weighted by molar-refractivity contribution is -0.121. The molecule has 0 spiro atoms. The van der Waals surface area contributed by atoms with E-state index < -0.39 is 0 Å². The van der Waals surface area contributed by atoms with Crippen molar-refractivity contribution in [3.8, 4) is 11.5 Å². The molecule has 3 aromatic carbocycles. The number of hydrogen-bond acceptors (Lipinski definition) is 4. The van der Waals surface area contributed by atoms with Crippen LogP contribution in [0.3, 0.4) is 0 Å². The highest BCUT2D eigenvalue weighted by Gasteiger charge is 2.24. The maximum Gasteiger partial charge on any atom is 0.221 e. The lowest BCUT2D eigenvalue weighted by Crippen LogP contribution is -2.24. The molecule has 1 unspecified atom stereocenters. The summed E-state index contributed by atoms with van der Waals surface area (Å²) in [6.45, 7) is 1.09. The van der Waals surface area contributed by atoms with Crippen LogP contribution < -0.4 is 14.8 Å². The van der Waals surface area contributed by atoms with Crippen LogP contribution in [0.25, 0.3) is 10.9 Å². The summed E-state index contributed by atoms with van der Waals surface area (Å²) in [5.41, 5.74) is 4.41. The number of furan rings is 1. The number of carbonyl (C=O) groups excluding carboxylic acids is 1. The lowest BCUT2D eigenvalue weighted by Gasteiger charge is -2.19. The zero-order valence-electron chi connectivity index (χ0n) is 21.0. The van der Waals surface area contributed by atoms with E-state index in [2.05, 4.69) is 58.5 Å². The highest BCUT2D eigenvalue weighted by molar-refractivity contribution is 5.87. The van der Waals surface area contributed by atoms with Gasteiger partial charge in [0, 0.05) is 36.0 Å². The SMILES string of the molecule is COc1ccc(C(CC(=O)NCc2ccco2)c2cn(Cc3ccccc3)c3ccccc23)cc1OC. The van der Waals surface area contributed by atoms with Gasteiger partial charge in [-0.1, -0.05) is 54.6 Å². The Morgan fingerprint density at radius 1 is 0.919 bits per heavy atom. The van der Waals surface area contributed by atoms with Gasteiger partial charge in [0.1, 0.15) is 5.76 Å². The molecule has 0 fully saturated rings. The van der Waals surface area contributed by atoms with Gasteiger partial charge in [0.2, 0.25) is 5.91 Å². The number of fused-ring (bicyclic) bond motifs is 1. The minimum Gasteiger partial charge on any atom is -0.493 e. The summed E-state index contributed by atoms with van der Waals surface area (Å²) in [6.07, 6.45) is 4.06. The molecule has 6 heteroatoms. The second-order valence-corrected chi connectivity index (χ2v) is 8.94. The minimum atomic E-state index is -0.196. The Kier molecular flexibility index (Phi) is 7.26. The molecule has 0 saturated heterocycles. The van der Waals surface area contributed by atoms with E-state index >= 15 is 0 Å². The number of carbonyl (C=O) groups is 1. The number of rotatable bonds is 10. The van der Waals surface area contributed by atoms with Crippen molar-refractivity contribution in [1.82, 2.24) is 9.88 Å². The fraction of sp³-hybridized carbons (Fsp3) is 0.194. The normalized spacial score (nSPS) is 11.8. The molecule has 0 radical (unpaired) electrons. The van der Waals surface area contributed by atoms with Gasteiger partial charge in [-0.05, 0) is 47.0 Å². The molecule has 5 aromatic rings. The number of benzene rings is 3. The lowest BCUT2D eigenvalue weighted by atomic mass is 9.87. The van der Waals surface area contributed by atoms with E-state index in [-0.39, 0.29) is 18.2 Å². The highest BCUT2D eigenvalue weighted by Crippen LogP contribution is 2.38. The van der Waals surface area contributed by atoms with Gasteiger partial charge in [0.25, 0.3) is 0 Å². The Bertz CT molecular complexity index is 1470. The first-order chi connectivity index (χ1) is 18.2. The summed E-state index contributed by atoms with van der Waals surface area (Å²) in [5, 5.41) is 4.13. The fourth-order valence-electron chi connectivity index (χ4n) is 4.80. The number of aromatic nitrogens is 1. The van der Waals surface area contributed by atoms with Crippen molar-refractivity contribution in [3.05, 3.63) is 120 Å². The van der Waals surface area contributed by atoms with E-state index in [0.29, 0.717) is 18.0 Å². The highest BCUT2D eigenvalue weighted by atomic mass is 16.5. The zero-order chi connectivity index (χ0) is 25.6. The summed E-state index contributed by atoms with van der Waals surface area (Å²) >= 11 is 0. The third kappa shape index (κ3) is 5.38. The number of ether oxygens (including phenoxy) is 2. The van der Waals surface area contributed by atoms with Crippen molar-refractivity contribution in [3.63, 3.8) is 0 Å². The second-order valence-electron chi connectivity index (χ2n) is 8.94. The molecule has 2 aromatic heterocycles. The van der Waals surface area contributed by atoms with Gasteiger partial charge in [-0.3, -0.25) is 4.79 Å². The number of hydrogen-bond donors (Lipinski definition) is 1. The summed E-state index contributed by atoms with van der Waals surface area (Å²) < 4.78 is 18.7. The Balaban J connectivity index is 1.54. The minimum absolute atomic E-state index is 0.0592. The van der Waals surface area contributed by atoms with Crippen LogP contribution in [0.15, 0.2) is 102 Å². The average molecular weight is 495 g/mol. The number of nitrogens with zero attached hydrogens (tertiary/aromatic N) is 1. The summed E-state index contributed by atoms with van der Waals surface area (Å²) in [7, 11) is 3.24. The molecule has 188 valence electrons. The number of para-hydroxylation sites is 1. The van der Waals surface area contributed by atoms with Crippen molar-refractivity contribution in [1.29, 1.82) is 0 Å². The Morgan fingerprint density at radius 3 is 2.46 bits per heavy atom. The van der Waals surface area contributed by atoms with E-state index in [1.54, 1.807) is 20.5 Å². The van der Waals surface area contributed by atoms with E-state index in [1.807, 2.05) is 42.5 Å². The first-order valence-corrected chi connectivity index (χ1v) is 12.3. The Labute approximate surface area is 216 Å². The average Bonchev–Trinajstić information content (AvgIpc) is 3.59. The molecule has 0 saturated carbocycles. The molecular weight excluding hydrogens is 464 g/mol. The fourth-order valence-corrected chi connectivity index (χ4v) is 4.80. The van der Waals surface area contributed by atoms with Crippen molar-refractivity contribution in [2.24, 2.45) is 0 Å². The van der Waals surface area contributed by atoms with Crippen LogP contribution in [0.1, 0.15) is 34.8 Å². The number of methoxy groups -OCH3 is 2. The van der Waals surface area contributed by atoms with Gasteiger partial charge in [-0.15, -0.1) is 0 Å². The molecule has 37 heavy (non-hydrogen) atoms. The zero-order valence-corrected chi connectivity index (χ0v) is 21.0. The van der Waals surface area contributed by atoms with Gasteiger partial charge in [0.05, 0.1) is 27.0 Å². The van der Waals surface area contributed by atoms with Gasteiger partial charge in [0.15, 0.2) is 11.5 Å². The molecule has 2 heterocycles. The van der Waals surface area contributed by atoms with Crippen LogP contribution in [0.4, 0.5) is 0 Å². The van der Waals surface area contributed by atoms with Crippen LogP contribution in [0.2, 0.25) is 0 Å². The quantitative estimate of drug-likeness (QED) is 0.253. The van der Waals surface area contributed by atoms with Gasteiger partial charge in [-0.25, -0.2) is 0 Å². The summed E-state index contributed by atoms with van der Waals surface area (Å²) in [4.78, 5) is 13.2. The van der Waals surface area contributed by atoms with Gasteiger partial charge >= 0.3 is 0 Å². The molecule has 1 N–H and O–H groups in total. The number of nitrogens with one attached hydrogen (secondary N) is 1. The maximum absolute atomic E-state index is 13.2. The van der Waals surface area contributed by atoms with Crippen LogP contribution in [-0.4, -0.2) is 24.7 Å². The van der Waals surface area contributed by atoms with Crippen LogP contribution >= 0.6 is 0 Å². The first-order valence-electron chi connectivity index (χ1n) is 12.3. The molecule has 1 amide bonds. The third-order valence-electron chi connectivity index (χ3n) is 6.63. The molecular formula is C31H30N2O4. The van der Waals surface area contributed by atoms with E-state index in [1.165, 1.54) is 5.56 Å². The van der Waals surface area contributed by atoms with Crippen molar-refractivity contribution >= 4 is 16.8 Å². The van der Waals surface area contributed by atoms with Gasteiger partial charge in [-0.2, -0.15) is 0 Å².